The van der Waals surface area contributed by atoms with E-state index in [-0.39, 0.29) is 12.5 Å². The first-order valence-corrected chi connectivity index (χ1v) is 8.94. The van der Waals surface area contributed by atoms with Crippen LogP contribution in [0.1, 0.15) is 5.56 Å². The molecular formula is C19H17N3O2S. The molecule has 2 aliphatic heterocycles. The molecule has 1 amide bonds. The lowest BCUT2D eigenvalue weighted by atomic mass is 10.1. The molecule has 5 nitrogen and oxygen atoms in total. The third-order valence-corrected chi connectivity index (χ3v) is 4.85. The molecule has 4 rings (SSSR count). The van der Waals surface area contributed by atoms with E-state index in [4.69, 9.17) is 4.74 Å². The third kappa shape index (κ3) is 3.53. The van der Waals surface area contributed by atoms with Crippen molar-refractivity contribution in [1.82, 2.24) is 4.90 Å². The average Bonchev–Trinajstić information content (AvgIpc) is 3.25. The number of anilines is 1. The number of carbonyl (C=O) groups excluding carboxylic acids is 1. The number of amidine groups is 1. The van der Waals surface area contributed by atoms with Gasteiger partial charge in [0.05, 0.1) is 12.2 Å². The normalized spacial score (nSPS) is 15.4. The minimum absolute atomic E-state index is 0.0127. The highest BCUT2D eigenvalue weighted by atomic mass is 32.2. The fourth-order valence-electron chi connectivity index (χ4n) is 2.73. The largest absolute Gasteiger partial charge is 0.484 e. The van der Waals surface area contributed by atoms with Crippen LogP contribution in [0.25, 0.3) is 5.70 Å². The zero-order valence-corrected chi connectivity index (χ0v) is 14.3. The molecule has 6 heteroatoms. The highest BCUT2D eigenvalue weighted by molar-refractivity contribution is 8.16. The topological polar surface area (TPSA) is 53.9 Å². The summed E-state index contributed by atoms with van der Waals surface area (Å²) in [5.41, 5.74) is 3.05. The molecule has 0 radical (unpaired) electrons. The summed E-state index contributed by atoms with van der Waals surface area (Å²) in [4.78, 5) is 18.7. The molecule has 0 unspecified atom stereocenters. The van der Waals surface area contributed by atoms with Crippen LogP contribution in [0, 0.1) is 0 Å². The lowest BCUT2D eigenvalue weighted by Gasteiger charge is -2.17. The average molecular weight is 351 g/mol. The maximum Gasteiger partial charge on any atom is 0.262 e. The number of amides is 1. The van der Waals surface area contributed by atoms with Gasteiger partial charge in [-0.3, -0.25) is 9.79 Å². The Labute approximate surface area is 150 Å². The Bertz CT molecular complexity index is 832. The van der Waals surface area contributed by atoms with Crippen LogP contribution in [0.3, 0.4) is 0 Å². The molecule has 126 valence electrons. The van der Waals surface area contributed by atoms with Crippen LogP contribution in [-0.4, -0.2) is 35.7 Å². The lowest BCUT2D eigenvalue weighted by molar-refractivity contribution is -0.118. The van der Waals surface area contributed by atoms with Gasteiger partial charge in [-0.05, 0) is 29.8 Å². The predicted molar refractivity (Wildman–Crippen MR) is 102 cm³/mol. The van der Waals surface area contributed by atoms with Crippen molar-refractivity contribution >= 4 is 34.2 Å². The van der Waals surface area contributed by atoms with Gasteiger partial charge in [0.2, 0.25) is 0 Å². The van der Waals surface area contributed by atoms with Crippen molar-refractivity contribution in [2.24, 2.45) is 4.99 Å². The van der Waals surface area contributed by atoms with Crippen LogP contribution < -0.4 is 10.1 Å². The van der Waals surface area contributed by atoms with Crippen molar-refractivity contribution in [2.45, 2.75) is 0 Å². The summed E-state index contributed by atoms with van der Waals surface area (Å²) in [6.07, 6.45) is 0. The number of para-hydroxylation sites is 1. The van der Waals surface area contributed by atoms with Crippen molar-refractivity contribution < 1.29 is 9.53 Å². The van der Waals surface area contributed by atoms with Crippen LogP contribution in [0.5, 0.6) is 5.75 Å². The van der Waals surface area contributed by atoms with Gasteiger partial charge in [-0.1, -0.05) is 42.1 Å². The van der Waals surface area contributed by atoms with Crippen LogP contribution >= 0.6 is 11.8 Å². The number of benzene rings is 2. The van der Waals surface area contributed by atoms with Crippen molar-refractivity contribution in [1.29, 1.82) is 0 Å². The Balaban J connectivity index is 1.34. The SMILES string of the molecule is O=C(COc1ccccc1)Nc1ccc(C2=CSC3=NCCN23)cc1. The molecule has 0 fully saturated rings. The van der Waals surface area contributed by atoms with Gasteiger partial charge in [0, 0.05) is 17.6 Å². The summed E-state index contributed by atoms with van der Waals surface area (Å²) in [6.45, 7) is 1.78. The Morgan fingerprint density at radius 2 is 1.96 bits per heavy atom. The van der Waals surface area contributed by atoms with E-state index in [2.05, 4.69) is 20.6 Å². The number of rotatable bonds is 5. The van der Waals surface area contributed by atoms with E-state index in [1.807, 2.05) is 54.6 Å². The number of thioether (sulfide) groups is 1. The van der Waals surface area contributed by atoms with Crippen molar-refractivity contribution in [3.05, 3.63) is 65.6 Å². The maximum atomic E-state index is 12.0. The summed E-state index contributed by atoms with van der Waals surface area (Å²) in [7, 11) is 0. The second-order valence-corrected chi connectivity index (χ2v) is 6.50. The summed E-state index contributed by atoms with van der Waals surface area (Å²) in [5, 5.41) is 6.05. The molecule has 0 atom stereocenters. The Hall–Kier alpha value is -2.73. The third-order valence-electron chi connectivity index (χ3n) is 3.95. The highest BCUT2D eigenvalue weighted by Crippen LogP contribution is 2.35. The van der Waals surface area contributed by atoms with Gasteiger partial charge in [-0.15, -0.1) is 0 Å². The van der Waals surface area contributed by atoms with E-state index in [1.54, 1.807) is 11.8 Å². The quantitative estimate of drug-likeness (QED) is 0.897. The van der Waals surface area contributed by atoms with Crippen LogP contribution in [0.2, 0.25) is 0 Å². The number of nitrogens with zero attached hydrogens (tertiary/aromatic N) is 2. The van der Waals surface area contributed by atoms with Crippen LogP contribution in [0.15, 0.2) is 65.0 Å². The summed E-state index contributed by atoms with van der Waals surface area (Å²) < 4.78 is 5.45. The molecule has 25 heavy (non-hydrogen) atoms. The number of ether oxygens (including phenoxy) is 1. The number of carbonyl (C=O) groups is 1. The molecule has 2 aromatic carbocycles. The second kappa shape index (κ2) is 7.03. The highest BCUT2D eigenvalue weighted by Gasteiger charge is 2.26. The van der Waals surface area contributed by atoms with E-state index in [9.17, 15) is 4.79 Å². The van der Waals surface area contributed by atoms with Crippen LogP contribution in [0.4, 0.5) is 5.69 Å². The fraction of sp³-hybridized carbons (Fsp3) is 0.158. The van der Waals surface area contributed by atoms with E-state index >= 15 is 0 Å². The minimum Gasteiger partial charge on any atom is -0.484 e. The molecule has 0 aromatic heterocycles. The van der Waals surface area contributed by atoms with Crippen molar-refractivity contribution in [3.63, 3.8) is 0 Å². The summed E-state index contributed by atoms with van der Waals surface area (Å²) >= 11 is 1.66. The standard InChI is InChI=1S/C19H17N3O2S/c23-18(12-24-16-4-2-1-3-5-16)21-15-8-6-14(7-9-15)17-13-25-19-20-10-11-22(17)19/h1-9,13H,10-12H2,(H,21,23). The number of hydrogen-bond acceptors (Lipinski definition) is 5. The molecule has 2 aromatic rings. The monoisotopic (exact) mass is 351 g/mol. The second-order valence-electron chi connectivity index (χ2n) is 5.66. The maximum absolute atomic E-state index is 12.0. The molecule has 0 saturated heterocycles. The minimum atomic E-state index is -0.179. The van der Waals surface area contributed by atoms with Gasteiger partial charge in [-0.25, -0.2) is 0 Å². The molecule has 2 aliphatic rings. The number of fused-ring (bicyclic) bond motifs is 1. The number of aliphatic imine (C=N–C) groups is 1. The molecule has 1 N–H and O–H groups in total. The zero-order valence-electron chi connectivity index (χ0n) is 13.5. The first-order chi connectivity index (χ1) is 12.3. The van der Waals surface area contributed by atoms with Gasteiger partial charge in [0.15, 0.2) is 11.8 Å². The van der Waals surface area contributed by atoms with Gasteiger partial charge >= 0.3 is 0 Å². The molecule has 0 bridgehead atoms. The smallest absolute Gasteiger partial charge is 0.262 e. The van der Waals surface area contributed by atoms with Gasteiger partial charge in [0.25, 0.3) is 5.91 Å². The lowest BCUT2D eigenvalue weighted by Crippen LogP contribution is -2.20. The first kappa shape index (κ1) is 15.8. The first-order valence-electron chi connectivity index (χ1n) is 8.06. The zero-order chi connectivity index (χ0) is 17.1. The number of hydrogen-bond donors (Lipinski definition) is 1. The van der Waals surface area contributed by atoms with Gasteiger partial charge in [-0.2, -0.15) is 0 Å². The predicted octanol–water partition coefficient (Wildman–Crippen LogP) is 3.42. The Morgan fingerprint density at radius 1 is 1.16 bits per heavy atom. The Morgan fingerprint density at radius 3 is 2.76 bits per heavy atom. The van der Waals surface area contributed by atoms with E-state index in [0.717, 1.165) is 29.5 Å². The van der Waals surface area contributed by atoms with Crippen molar-refractivity contribution in [2.75, 3.05) is 25.0 Å². The van der Waals surface area contributed by atoms with E-state index in [1.165, 1.54) is 5.70 Å². The molecule has 0 saturated carbocycles. The fourth-order valence-corrected chi connectivity index (χ4v) is 3.70. The van der Waals surface area contributed by atoms with Crippen molar-refractivity contribution in [3.8, 4) is 5.75 Å². The molecule has 0 aliphatic carbocycles. The van der Waals surface area contributed by atoms with Crippen LogP contribution in [-0.2, 0) is 4.79 Å². The molecule has 0 spiro atoms. The van der Waals surface area contributed by atoms with E-state index < -0.39 is 0 Å². The van der Waals surface area contributed by atoms with E-state index in [0.29, 0.717) is 5.75 Å². The van der Waals surface area contributed by atoms with Gasteiger partial charge < -0.3 is 15.0 Å². The Kier molecular flexibility index (Phi) is 4.43. The summed E-state index contributed by atoms with van der Waals surface area (Å²) in [6, 6.07) is 17.2. The summed E-state index contributed by atoms with van der Waals surface area (Å²) in [5.74, 6) is 0.503. The molecular weight excluding hydrogens is 334 g/mol. The number of nitrogens with one attached hydrogen (secondary N) is 1. The molecule has 2 heterocycles. The van der Waals surface area contributed by atoms with Gasteiger partial charge in [0.1, 0.15) is 5.75 Å².